The molecule has 0 unspecified atom stereocenters. The Bertz CT molecular complexity index is 763. The van der Waals surface area contributed by atoms with Gasteiger partial charge in [-0.05, 0) is 36.8 Å². The smallest absolute Gasteiger partial charge is 0.408 e. The van der Waals surface area contributed by atoms with Crippen LogP contribution in [0.25, 0.3) is 4.85 Å². The number of nitrogens with zero attached hydrogens (tertiary/aromatic N) is 5. The number of tetrazole rings is 1. The molecule has 2 rings (SSSR count). The molecule has 0 aliphatic rings. The summed E-state index contributed by atoms with van der Waals surface area (Å²) in [6, 6.07) is 9.10. The van der Waals surface area contributed by atoms with Crippen LogP contribution in [-0.2, 0) is 22.6 Å². The number of alkyl carbamates (subject to hydrolysis) is 1. The molecule has 9 heteroatoms. The van der Waals surface area contributed by atoms with Crippen molar-refractivity contribution in [1.29, 1.82) is 0 Å². The fourth-order valence-electron chi connectivity index (χ4n) is 2.26. The lowest BCUT2D eigenvalue weighted by Gasteiger charge is -2.23. The van der Waals surface area contributed by atoms with E-state index in [1.165, 1.54) is 4.68 Å². The predicted molar refractivity (Wildman–Crippen MR) is 97.5 cm³/mol. The van der Waals surface area contributed by atoms with Gasteiger partial charge in [0.05, 0.1) is 13.2 Å². The molecule has 9 nitrogen and oxygen atoms in total. The Morgan fingerprint density at radius 2 is 2.07 bits per heavy atom. The number of amides is 1. The van der Waals surface area contributed by atoms with Gasteiger partial charge in [-0.25, -0.2) is 16.0 Å². The number of rotatable bonds is 8. The topological polar surface area (TPSA) is 95.5 Å². The van der Waals surface area contributed by atoms with Crippen LogP contribution in [-0.4, -0.2) is 45.1 Å². The van der Waals surface area contributed by atoms with E-state index in [0.717, 1.165) is 5.56 Å². The highest BCUT2D eigenvalue weighted by atomic mass is 16.6. The molecule has 0 bridgehead atoms. The van der Waals surface area contributed by atoms with Gasteiger partial charge in [0.1, 0.15) is 18.2 Å². The Labute approximate surface area is 158 Å². The first kappa shape index (κ1) is 20.3. The molecule has 2 aromatic rings. The van der Waals surface area contributed by atoms with Crippen LogP contribution in [0.1, 0.15) is 38.2 Å². The fourth-order valence-corrected chi connectivity index (χ4v) is 2.26. The van der Waals surface area contributed by atoms with E-state index in [1.807, 2.05) is 30.3 Å². The molecule has 1 aromatic heterocycles. The highest BCUT2D eigenvalue weighted by Crippen LogP contribution is 2.14. The predicted octanol–water partition coefficient (Wildman–Crippen LogP) is 2.37. The summed E-state index contributed by atoms with van der Waals surface area (Å²) in [6.45, 7) is 13.4. The molecule has 0 saturated carbocycles. The van der Waals surface area contributed by atoms with E-state index in [2.05, 4.69) is 25.7 Å². The van der Waals surface area contributed by atoms with Crippen molar-refractivity contribution in [2.75, 3.05) is 13.2 Å². The van der Waals surface area contributed by atoms with Crippen molar-refractivity contribution in [3.8, 4) is 0 Å². The van der Waals surface area contributed by atoms with Gasteiger partial charge >= 0.3 is 6.09 Å². The molecular formula is C18H24N6O3. The van der Waals surface area contributed by atoms with Crippen molar-refractivity contribution in [3.05, 3.63) is 53.1 Å². The lowest BCUT2D eigenvalue weighted by Crippen LogP contribution is -2.38. The van der Waals surface area contributed by atoms with Gasteiger partial charge < -0.3 is 19.6 Å². The van der Waals surface area contributed by atoms with E-state index < -0.39 is 17.7 Å². The van der Waals surface area contributed by atoms with Crippen molar-refractivity contribution in [2.45, 2.75) is 45.6 Å². The average Bonchev–Trinajstić information content (AvgIpc) is 3.07. The lowest BCUT2D eigenvalue weighted by molar-refractivity contribution is 0.0417. The van der Waals surface area contributed by atoms with Crippen LogP contribution in [0, 0.1) is 6.57 Å². The molecule has 0 spiro atoms. The Hall–Kier alpha value is -2.99. The van der Waals surface area contributed by atoms with Crippen LogP contribution in [0.3, 0.4) is 0 Å². The molecule has 1 amide bonds. The largest absolute Gasteiger partial charge is 0.444 e. The summed E-state index contributed by atoms with van der Waals surface area (Å²) < 4.78 is 12.6. The van der Waals surface area contributed by atoms with E-state index in [4.69, 9.17) is 16.0 Å². The van der Waals surface area contributed by atoms with Gasteiger partial charge in [0, 0.05) is 0 Å². The third kappa shape index (κ3) is 7.03. The minimum Gasteiger partial charge on any atom is -0.444 e. The molecule has 27 heavy (non-hydrogen) atoms. The summed E-state index contributed by atoms with van der Waals surface area (Å²) in [5.41, 5.74) is 0.386. The summed E-state index contributed by atoms with van der Waals surface area (Å²) in [5.74, 6) is 0.414. The summed E-state index contributed by atoms with van der Waals surface area (Å²) >= 11 is 0. The zero-order valence-electron chi connectivity index (χ0n) is 15.8. The number of carbonyl (C=O) groups excluding carboxylic acids is 1. The van der Waals surface area contributed by atoms with E-state index in [9.17, 15) is 4.79 Å². The maximum absolute atomic E-state index is 12.2. The first-order valence-electron chi connectivity index (χ1n) is 8.59. The van der Waals surface area contributed by atoms with E-state index in [1.54, 1.807) is 20.8 Å². The number of ether oxygens (including phenoxy) is 2. The number of benzene rings is 1. The monoisotopic (exact) mass is 372 g/mol. The Morgan fingerprint density at radius 3 is 2.74 bits per heavy atom. The van der Waals surface area contributed by atoms with Crippen LogP contribution in [0.15, 0.2) is 30.3 Å². The van der Waals surface area contributed by atoms with Gasteiger partial charge in [0.2, 0.25) is 6.54 Å². The zero-order chi connectivity index (χ0) is 19.7. The van der Waals surface area contributed by atoms with E-state index in [-0.39, 0.29) is 13.2 Å². The van der Waals surface area contributed by atoms with Crippen molar-refractivity contribution in [3.63, 3.8) is 0 Å². The molecule has 1 N–H and O–H groups in total. The molecule has 0 fully saturated rings. The minimum absolute atomic E-state index is 0.159. The van der Waals surface area contributed by atoms with Gasteiger partial charge in [0.15, 0.2) is 5.82 Å². The minimum atomic E-state index is -0.629. The first-order chi connectivity index (χ1) is 12.9. The summed E-state index contributed by atoms with van der Waals surface area (Å²) in [5, 5.41) is 14.3. The maximum atomic E-state index is 12.2. The van der Waals surface area contributed by atoms with Gasteiger partial charge in [0.25, 0.3) is 0 Å². The molecule has 144 valence electrons. The van der Waals surface area contributed by atoms with Crippen LogP contribution < -0.4 is 5.32 Å². The molecule has 1 heterocycles. The normalized spacial score (nSPS) is 12.2. The standard InChI is InChI=1S/C18H24N6O3/c1-18(2,3)27-17(25)20-15(13-26-12-14-8-6-5-7-9-14)16-21-22-23-24(16)11-10-19-4/h5-9,15H,10-13H2,1-3H3,(H,20,25)/t15-/m1/s1. The number of carbonyl (C=O) groups is 1. The van der Waals surface area contributed by atoms with Gasteiger partial charge in [-0.3, -0.25) is 0 Å². The van der Waals surface area contributed by atoms with Crippen molar-refractivity contribution in [1.82, 2.24) is 25.5 Å². The van der Waals surface area contributed by atoms with Crippen LogP contribution >= 0.6 is 0 Å². The lowest BCUT2D eigenvalue weighted by atomic mass is 10.2. The van der Waals surface area contributed by atoms with E-state index in [0.29, 0.717) is 19.0 Å². The summed E-state index contributed by atoms with van der Waals surface area (Å²) in [7, 11) is 0. The van der Waals surface area contributed by atoms with Crippen LogP contribution in [0.2, 0.25) is 0 Å². The number of aromatic nitrogens is 4. The zero-order valence-corrected chi connectivity index (χ0v) is 15.8. The molecule has 0 radical (unpaired) electrons. The third-order valence-electron chi connectivity index (χ3n) is 3.38. The first-order valence-corrected chi connectivity index (χ1v) is 8.59. The van der Waals surface area contributed by atoms with Gasteiger partial charge in [-0.2, -0.15) is 0 Å². The van der Waals surface area contributed by atoms with Crippen LogP contribution in [0.4, 0.5) is 4.79 Å². The third-order valence-corrected chi connectivity index (χ3v) is 3.38. The van der Waals surface area contributed by atoms with Crippen molar-refractivity contribution < 1.29 is 14.3 Å². The molecular weight excluding hydrogens is 348 g/mol. The van der Waals surface area contributed by atoms with E-state index >= 15 is 0 Å². The van der Waals surface area contributed by atoms with Crippen LogP contribution in [0.5, 0.6) is 0 Å². The second kappa shape index (κ2) is 9.64. The SMILES string of the molecule is [C-]#[N+]CCn1nnnc1[C@@H](COCc1ccccc1)NC(=O)OC(C)(C)C. The highest BCUT2D eigenvalue weighted by Gasteiger charge is 2.25. The fraction of sp³-hybridized carbons (Fsp3) is 0.500. The molecule has 1 atom stereocenters. The summed E-state index contributed by atoms with van der Waals surface area (Å²) in [4.78, 5) is 15.5. The van der Waals surface area contributed by atoms with Crippen molar-refractivity contribution in [2.24, 2.45) is 0 Å². The van der Waals surface area contributed by atoms with Crippen molar-refractivity contribution >= 4 is 6.09 Å². The molecule has 0 aliphatic carbocycles. The second-order valence-corrected chi connectivity index (χ2v) is 6.84. The molecule has 0 aliphatic heterocycles. The second-order valence-electron chi connectivity index (χ2n) is 6.84. The quantitative estimate of drug-likeness (QED) is 0.715. The molecule has 0 saturated heterocycles. The number of nitrogens with one attached hydrogen (secondary N) is 1. The highest BCUT2D eigenvalue weighted by molar-refractivity contribution is 5.68. The average molecular weight is 372 g/mol. The Balaban J connectivity index is 2.07. The van der Waals surface area contributed by atoms with Gasteiger partial charge in [-0.15, -0.1) is 5.10 Å². The summed E-state index contributed by atoms with van der Waals surface area (Å²) in [6.07, 6.45) is -0.587. The molecule has 1 aromatic carbocycles. The number of hydrogen-bond acceptors (Lipinski definition) is 6. The Kier molecular flexibility index (Phi) is 7.25. The Morgan fingerprint density at radius 1 is 1.33 bits per heavy atom. The maximum Gasteiger partial charge on any atom is 0.408 e. The number of hydrogen-bond donors (Lipinski definition) is 1. The van der Waals surface area contributed by atoms with Gasteiger partial charge in [-0.1, -0.05) is 30.3 Å².